The lowest BCUT2D eigenvalue weighted by atomic mass is 10.1. The van der Waals surface area contributed by atoms with E-state index >= 15 is 0 Å². The van der Waals surface area contributed by atoms with Crippen molar-refractivity contribution in [3.63, 3.8) is 0 Å². The van der Waals surface area contributed by atoms with Crippen LogP contribution in [-0.4, -0.2) is 11.8 Å². The highest BCUT2D eigenvalue weighted by atomic mass is 79.9. The van der Waals surface area contributed by atoms with Gasteiger partial charge in [-0.15, -0.1) is 18.3 Å². The van der Waals surface area contributed by atoms with E-state index in [9.17, 15) is 0 Å². The van der Waals surface area contributed by atoms with Crippen LogP contribution in [0.4, 0.5) is 0 Å². The number of halogens is 1. The third kappa shape index (κ3) is 5.19. The Hall–Kier alpha value is -0.250. The normalized spacial score (nSPS) is 12.4. The summed E-state index contributed by atoms with van der Waals surface area (Å²) in [5, 5.41) is 0. The smallest absolute Gasteiger partial charge is 0.0311 e. The molecule has 0 spiro atoms. The second kappa shape index (κ2) is 7.93. The topological polar surface area (TPSA) is 26.0 Å². The van der Waals surface area contributed by atoms with E-state index in [0.29, 0.717) is 0 Å². The fourth-order valence-corrected chi connectivity index (χ4v) is 2.94. The van der Waals surface area contributed by atoms with Gasteiger partial charge in [0, 0.05) is 21.2 Å². The molecular formula is C13H18BrNS. The van der Waals surface area contributed by atoms with Crippen molar-refractivity contribution in [2.24, 2.45) is 5.73 Å². The summed E-state index contributed by atoms with van der Waals surface area (Å²) in [5.74, 6) is 0.972. The minimum Gasteiger partial charge on any atom is -0.327 e. The highest BCUT2D eigenvalue weighted by molar-refractivity contribution is 9.10. The average molecular weight is 300 g/mol. The minimum atomic E-state index is 0.275. The molecule has 1 aromatic rings. The van der Waals surface area contributed by atoms with Crippen molar-refractivity contribution in [3.05, 3.63) is 41.4 Å². The molecule has 0 aliphatic heterocycles. The quantitative estimate of drug-likeness (QED) is 0.463. The van der Waals surface area contributed by atoms with Crippen LogP contribution in [0.1, 0.15) is 19.3 Å². The molecule has 1 aromatic carbocycles. The molecule has 0 fully saturated rings. The predicted octanol–water partition coefficient (Wildman–Crippen LogP) is 4.22. The Morgan fingerprint density at radius 1 is 1.44 bits per heavy atom. The molecule has 3 heteroatoms. The number of rotatable bonds is 7. The van der Waals surface area contributed by atoms with E-state index in [2.05, 4.69) is 40.7 Å². The molecule has 0 aliphatic rings. The second-order valence-corrected chi connectivity index (χ2v) is 5.64. The Balaban J connectivity index is 2.28. The lowest BCUT2D eigenvalue weighted by Gasteiger charge is -2.11. The van der Waals surface area contributed by atoms with Crippen LogP contribution < -0.4 is 5.73 Å². The summed E-state index contributed by atoms with van der Waals surface area (Å²) in [6, 6.07) is 8.53. The summed E-state index contributed by atoms with van der Waals surface area (Å²) in [4.78, 5) is 1.27. The van der Waals surface area contributed by atoms with Gasteiger partial charge in [0.05, 0.1) is 0 Å². The molecule has 0 saturated carbocycles. The first kappa shape index (κ1) is 13.8. The maximum Gasteiger partial charge on any atom is 0.0311 e. The first-order valence-corrected chi connectivity index (χ1v) is 7.25. The maximum absolute atomic E-state index is 6.04. The molecule has 0 heterocycles. The average Bonchev–Trinajstić information content (AvgIpc) is 2.28. The maximum atomic E-state index is 6.04. The second-order valence-electron chi connectivity index (χ2n) is 3.72. The molecule has 0 aliphatic carbocycles. The first-order chi connectivity index (χ1) is 7.74. The summed E-state index contributed by atoms with van der Waals surface area (Å²) in [6.45, 7) is 3.71. The SMILES string of the molecule is C=CCCCC(N)CSc1ccccc1Br. The molecule has 16 heavy (non-hydrogen) atoms. The van der Waals surface area contributed by atoms with Gasteiger partial charge in [-0.3, -0.25) is 0 Å². The standard InChI is InChI=1S/C13H18BrNS/c1-2-3-4-7-11(15)10-16-13-9-6-5-8-12(13)14/h2,5-6,8-9,11H,1,3-4,7,10,15H2. The third-order valence-electron chi connectivity index (χ3n) is 2.27. The third-order valence-corrected chi connectivity index (χ3v) is 4.49. The predicted molar refractivity (Wildman–Crippen MR) is 76.9 cm³/mol. The molecule has 1 nitrogen and oxygen atoms in total. The number of hydrogen-bond acceptors (Lipinski definition) is 2. The van der Waals surface area contributed by atoms with Crippen molar-refractivity contribution in [2.45, 2.75) is 30.2 Å². The van der Waals surface area contributed by atoms with Crippen molar-refractivity contribution < 1.29 is 0 Å². The minimum absolute atomic E-state index is 0.275. The van der Waals surface area contributed by atoms with E-state index in [4.69, 9.17) is 5.73 Å². The number of benzene rings is 1. The van der Waals surface area contributed by atoms with Gasteiger partial charge in [0.15, 0.2) is 0 Å². The van der Waals surface area contributed by atoms with Gasteiger partial charge in [-0.2, -0.15) is 0 Å². The van der Waals surface area contributed by atoms with Crippen LogP contribution in [0.3, 0.4) is 0 Å². The van der Waals surface area contributed by atoms with Gasteiger partial charge in [0.2, 0.25) is 0 Å². The largest absolute Gasteiger partial charge is 0.327 e. The molecule has 0 radical (unpaired) electrons. The van der Waals surface area contributed by atoms with E-state index in [-0.39, 0.29) is 6.04 Å². The monoisotopic (exact) mass is 299 g/mol. The van der Waals surface area contributed by atoms with Gasteiger partial charge < -0.3 is 5.73 Å². The highest BCUT2D eigenvalue weighted by Gasteiger charge is 2.04. The van der Waals surface area contributed by atoms with Crippen LogP contribution >= 0.6 is 27.7 Å². The van der Waals surface area contributed by atoms with Gasteiger partial charge in [0.25, 0.3) is 0 Å². The summed E-state index contributed by atoms with van der Waals surface area (Å²) in [6.07, 6.45) is 5.23. The van der Waals surface area contributed by atoms with E-state index in [1.165, 1.54) is 4.90 Å². The molecule has 0 bridgehead atoms. The van der Waals surface area contributed by atoms with Crippen LogP contribution in [0, 0.1) is 0 Å². The fraction of sp³-hybridized carbons (Fsp3) is 0.385. The fourth-order valence-electron chi connectivity index (χ4n) is 1.37. The molecule has 88 valence electrons. The molecular weight excluding hydrogens is 282 g/mol. The lowest BCUT2D eigenvalue weighted by Crippen LogP contribution is -2.22. The summed E-state index contributed by atoms with van der Waals surface area (Å²) in [5.41, 5.74) is 6.04. The molecule has 2 N–H and O–H groups in total. The van der Waals surface area contributed by atoms with Crippen LogP contribution in [0.2, 0.25) is 0 Å². The molecule has 1 atom stereocenters. The van der Waals surface area contributed by atoms with E-state index < -0.39 is 0 Å². The number of hydrogen-bond donors (Lipinski definition) is 1. The molecule has 0 aromatic heterocycles. The van der Waals surface area contributed by atoms with Gasteiger partial charge >= 0.3 is 0 Å². The van der Waals surface area contributed by atoms with E-state index in [1.807, 2.05) is 23.9 Å². The molecule has 0 saturated heterocycles. The van der Waals surface area contributed by atoms with Crippen LogP contribution in [0.5, 0.6) is 0 Å². The van der Waals surface area contributed by atoms with Crippen molar-refractivity contribution in [1.29, 1.82) is 0 Å². The van der Waals surface area contributed by atoms with E-state index in [0.717, 1.165) is 29.5 Å². The Bertz CT molecular complexity index is 327. The Morgan fingerprint density at radius 2 is 2.19 bits per heavy atom. The summed E-state index contributed by atoms with van der Waals surface area (Å²) >= 11 is 5.35. The number of nitrogens with two attached hydrogens (primary N) is 1. The van der Waals surface area contributed by atoms with Gasteiger partial charge in [-0.25, -0.2) is 0 Å². The van der Waals surface area contributed by atoms with Gasteiger partial charge in [0.1, 0.15) is 0 Å². The van der Waals surface area contributed by atoms with Crippen LogP contribution in [-0.2, 0) is 0 Å². The van der Waals surface area contributed by atoms with E-state index in [1.54, 1.807) is 0 Å². The zero-order chi connectivity index (χ0) is 11.8. The molecule has 1 unspecified atom stereocenters. The molecule has 0 amide bonds. The zero-order valence-electron chi connectivity index (χ0n) is 9.36. The zero-order valence-corrected chi connectivity index (χ0v) is 11.8. The van der Waals surface area contributed by atoms with Crippen molar-refractivity contribution >= 4 is 27.7 Å². The van der Waals surface area contributed by atoms with Crippen LogP contribution in [0.25, 0.3) is 0 Å². The van der Waals surface area contributed by atoms with Crippen molar-refractivity contribution in [3.8, 4) is 0 Å². The highest BCUT2D eigenvalue weighted by Crippen LogP contribution is 2.27. The Labute approximate surface area is 111 Å². The summed E-state index contributed by atoms with van der Waals surface area (Å²) in [7, 11) is 0. The van der Waals surface area contributed by atoms with Crippen molar-refractivity contribution in [1.82, 2.24) is 0 Å². The van der Waals surface area contributed by atoms with Gasteiger partial charge in [-0.1, -0.05) is 18.2 Å². The number of allylic oxidation sites excluding steroid dienone is 1. The number of thioether (sulfide) groups is 1. The lowest BCUT2D eigenvalue weighted by molar-refractivity contribution is 0.637. The van der Waals surface area contributed by atoms with Crippen molar-refractivity contribution in [2.75, 3.05) is 5.75 Å². The Kier molecular flexibility index (Phi) is 6.85. The first-order valence-electron chi connectivity index (χ1n) is 5.48. The molecule has 1 rings (SSSR count). The van der Waals surface area contributed by atoms with Gasteiger partial charge in [-0.05, 0) is 47.3 Å². The number of unbranched alkanes of at least 4 members (excludes halogenated alkanes) is 1. The van der Waals surface area contributed by atoms with Crippen LogP contribution in [0.15, 0.2) is 46.3 Å². The Morgan fingerprint density at radius 3 is 2.88 bits per heavy atom. The summed E-state index contributed by atoms with van der Waals surface area (Å²) < 4.78 is 1.15.